The average molecular weight is 316 g/mol. The molecule has 2 rings (SSSR count). The number of amides is 2. The zero-order valence-corrected chi connectivity index (χ0v) is 13.5. The molecule has 0 saturated heterocycles. The van der Waals surface area contributed by atoms with Crippen LogP contribution in [-0.2, 0) is 14.3 Å². The summed E-state index contributed by atoms with van der Waals surface area (Å²) in [6.07, 6.45) is 6.69. The highest BCUT2D eigenvalue weighted by Gasteiger charge is 2.20. The molecule has 0 spiro atoms. The molecule has 0 aromatic heterocycles. The third kappa shape index (κ3) is 7.61. The molecule has 5 nitrogen and oxygen atoms in total. The summed E-state index contributed by atoms with van der Waals surface area (Å²) in [7, 11) is 0. The van der Waals surface area contributed by atoms with Crippen molar-refractivity contribution in [2.24, 2.45) is 5.92 Å². The largest absolute Gasteiger partial charge is 0.381 e. The Morgan fingerprint density at radius 2 is 2.00 bits per heavy atom. The summed E-state index contributed by atoms with van der Waals surface area (Å²) in [6.45, 7) is 3.65. The topological polar surface area (TPSA) is 67.4 Å². The van der Waals surface area contributed by atoms with Gasteiger partial charge in [0.05, 0.1) is 0 Å². The molecular weight excluding hydrogens is 292 g/mol. The third-order valence-electron chi connectivity index (χ3n) is 3.47. The molecule has 124 valence electrons. The minimum absolute atomic E-state index is 0.103. The Morgan fingerprint density at radius 3 is 2.65 bits per heavy atom. The molecule has 23 heavy (non-hydrogen) atoms. The first-order valence-electron chi connectivity index (χ1n) is 8.05. The molecule has 5 heteroatoms. The van der Waals surface area contributed by atoms with E-state index in [0.717, 1.165) is 30.2 Å². The lowest BCUT2D eigenvalue weighted by molar-refractivity contribution is -0.116. The first kappa shape index (κ1) is 17.2. The minimum Gasteiger partial charge on any atom is -0.381 e. The zero-order chi connectivity index (χ0) is 16.5. The first-order chi connectivity index (χ1) is 11.1. The third-order valence-corrected chi connectivity index (χ3v) is 3.47. The predicted octanol–water partition coefficient (Wildman–Crippen LogP) is 2.59. The van der Waals surface area contributed by atoms with Gasteiger partial charge in [-0.05, 0) is 49.0 Å². The lowest BCUT2D eigenvalue weighted by Crippen LogP contribution is -2.23. The average Bonchev–Trinajstić information content (AvgIpc) is 3.34. The van der Waals surface area contributed by atoms with Crippen LogP contribution in [0.15, 0.2) is 30.3 Å². The summed E-state index contributed by atoms with van der Waals surface area (Å²) in [5.74, 6) is 0.566. The van der Waals surface area contributed by atoms with Gasteiger partial charge < -0.3 is 15.4 Å². The van der Waals surface area contributed by atoms with E-state index in [-0.39, 0.29) is 11.8 Å². The van der Waals surface area contributed by atoms with Crippen molar-refractivity contribution in [3.05, 3.63) is 35.9 Å². The van der Waals surface area contributed by atoms with Crippen molar-refractivity contribution in [1.82, 2.24) is 5.32 Å². The van der Waals surface area contributed by atoms with Gasteiger partial charge in [-0.2, -0.15) is 0 Å². The van der Waals surface area contributed by atoms with Crippen molar-refractivity contribution < 1.29 is 14.3 Å². The summed E-state index contributed by atoms with van der Waals surface area (Å²) in [5, 5.41) is 5.53. The highest BCUT2D eigenvalue weighted by molar-refractivity contribution is 5.92. The summed E-state index contributed by atoms with van der Waals surface area (Å²) in [4.78, 5) is 22.6. The van der Waals surface area contributed by atoms with Crippen molar-refractivity contribution in [3.63, 3.8) is 0 Å². The molecule has 0 unspecified atom stereocenters. The van der Waals surface area contributed by atoms with Gasteiger partial charge in [-0.3, -0.25) is 9.59 Å². The molecule has 0 aliphatic heterocycles. The SMILES string of the molecule is CC(=O)Nc1ccc(/C=C/C(=O)NCCCOCC2CC2)cc1. The van der Waals surface area contributed by atoms with Crippen LogP contribution in [0.3, 0.4) is 0 Å². The van der Waals surface area contributed by atoms with E-state index in [2.05, 4.69) is 10.6 Å². The number of hydrogen-bond donors (Lipinski definition) is 2. The molecule has 1 aromatic carbocycles. The van der Waals surface area contributed by atoms with Crippen LogP contribution in [0.25, 0.3) is 6.08 Å². The molecule has 1 fully saturated rings. The molecular formula is C18H24N2O3. The quantitative estimate of drug-likeness (QED) is 0.543. The van der Waals surface area contributed by atoms with Gasteiger partial charge in [0.1, 0.15) is 0 Å². The van der Waals surface area contributed by atoms with Crippen LogP contribution in [0.4, 0.5) is 5.69 Å². The Hall–Kier alpha value is -2.14. The van der Waals surface area contributed by atoms with Gasteiger partial charge in [0.15, 0.2) is 0 Å². The maximum Gasteiger partial charge on any atom is 0.244 e. The van der Waals surface area contributed by atoms with E-state index in [9.17, 15) is 9.59 Å². The molecule has 1 aliphatic carbocycles. The van der Waals surface area contributed by atoms with E-state index in [1.807, 2.05) is 12.1 Å². The second kappa shape index (κ2) is 9.10. The van der Waals surface area contributed by atoms with Gasteiger partial charge in [0.2, 0.25) is 11.8 Å². The van der Waals surface area contributed by atoms with Crippen LogP contribution in [0.5, 0.6) is 0 Å². The molecule has 2 N–H and O–H groups in total. The molecule has 1 aromatic rings. The summed E-state index contributed by atoms with van der Waals surface area (Å²) >= 11 is 0. The van der Waals surface area contributed by atoms with Gasteiger partial charge >= 0.3 is 0 Å². The first-order valence-corrected chi connectivity index (χ1v) is 8.05. The van der Waals surface area contributed by atoms with Crippen molar-refractivity contribution in [2.75, 3.05) is 25.1 Å². The molecule has 0 bridgehead atoms. The lowest BCUT2D eigenvalue weighted by Gasteiger charge is -2.04. The van der Waals surface area contributed by atoms with E-state index < -0.39 is 0 Å². The molecule has 0 radical (unpaired) electrons. The van der Waals surface area contributed by atoms with E-state index in [1.165, 1.54) is 25.8 Å². The van der Waals surface area contributed by atoms with E-state index in [1.54, 1.807) is 18.2 Å². The van der Waals surface area contributed by atoms with Crippen LogP contribution >= 0.6 is 0 Å². The maximum atomic E-state index is 11.7. The van der Waals surface area contributed by atoms with Crippen molar-refractivity contribution in [2.45, 2.75) is 26.2 Å². The van der Waals surface area contributed by atoms with Crippen LogP contribution < -0.4 is 10.6 Å². The van der Waals surface area contributed by atoms with Crippen molar-refractivity contribution in [3.8, 4) is 0 Å². The Kier molecular flexibility index (Phi) is 6.81. The zero-order valence-electron chi connectivity index (χ0n) is 13.5. The second-order valence-electron chi connectivity index (χ2n) is 5.80. The summed E-state index contributed by atoms with van der Waals surface area (Å²) in [5.41, 5.74) is 1.65. The molecule has 1 aliphatic rings. The number of nitrogens with one attached hydrogen (secondary N) is 2. The summed E-state index contributed by atoms with van der Waals surface area (Å²) in [6, 6.07) is 7.30. The predicted molar refractivity (Wildman–Crippen MR) is 90.9 cm³/mol. The number of rotatable bonds is 9. The Morgan fingerprint density at radius 1 is 1.26 bits per heavy atom. The lowest BCUT2D eigenvalue weighted by atomic mass is 10.2. The Balaban J connectivity index is 1.61. The van der Waals surface area contributed by atoms with E-state index in [4.69, 9.17) is 4.74 Å². The van der Waals surface area contributed by atoms with Crippen LogP contribution in [0.2, 0.25) is 0 Å². The minimum atomic E-state index is -0.113. The number of hydrogen-bond acceptors (Lipinski definition) is 3. The number of benzene rings is 1. The smallest absolute Gasteiger partial charge is 0.244 e. The van der Waals surface area contributed by atoms with Crippen LogP contribution in [0.1, 0.15) is 31.7 Å². The number of carbonyl (C=O) groups is 2. The number of carbonyl (C=O) groups excluding carboxylic acids is 2. The molecule has 0 atom stereocenters. The maximum absolute atomic E-state index is 11.7. The van der Waals surface area contributed by atoms with Crippen LogP contribution in [-0.4, -0.2) is 31.6 Å². The highest BCUT2D eigenvalue weighted by atomic mass is 16.5. The van der Waals surface area contributed by atoms with Gasteiger partial charge in [0.25, 0.3) is 0 Å². The van der Waals surface area contributed by atoms with Crippen molar-refractivity contribution in [1.29, 1.82) is 0 Å². The Bertz CT molecular complexity index is 548. The van der Waals surface area contributed by atoms with E-state index in [0.29, 0.717) is 13.2 Å². The number of anilines is 1. The molecule has 1 saturated carbocycles. The highest BCUT2D eigenvalue weighted by Crippen LogP contribution is 2.28. The van der Waals surface area contributed by atoms with Gasteiger partial charge in [-0.15, -0.1) is 0 Å². The van der Waals surface area contributed by atoms with Gasteiger partial charge in [-0.1, -0.05) is 12.1 Å². The summed E-state index contributed by atoms with van der Waals surface area (Å²) < 4.78 is 5.51. The van der Waals surface area contributed by atoms with Gasteiger partial charge in [-0.25, -0.2) is 0 Å². The molecule has 0 heterocycles. The normalized spacial score (nSPS) is 14.0. The fourth-order valence-corrected chi connectivity index (χ4v) is 2.03. The number of ether oxygens (including phenoxy) is 1. The second-order valence-corrected chi connectivity index (χ2v) is 5.80. The Labute approximate surface area is 137 Å². The van der Waals surface area contributed by atoms with E-state index >= 15 is 0 Å². The monoisotopic (exact) mass is 316 g/mol. The van der Waals surface area contributed by atoms with Gasteiger partial charge in [0, 0.05) is 38.4 Å². The standard InChI is InChI=1S/C18H24N2O3/c1-14(21)20-17-8-5-15(6-9-17)7-10-18(22)19-11-2-12-23-13-16-3-4-16/h5-10,16H,2-4,11-13H2,1H3,(H,19,22)(H,20,21)/b10-7+. The fourth-order valence-electron chi connectivity index (χ4n) is 2.03. The fraction of sp³-hybridized carbons (Fsp3) is 0.444. The van der Waals surface area contributed by atoms with Crippen molar-refractivity contribution >= 4 is 23.6 Å². The van der Waals surface area contributed by atoms with Crippen LogP contribution in [0, 0.1) is 5.92 Å². The molecule has 2 amide bonds.